The van der Waals surface area contributed by atoms with E-state index in [-0.39, 0.29) is 17.9 Å². The van der Waals surface area contributed by atoms with Gasteiger partial charge in [0.15, 0.2) is 0 Å². The lowest BCUT2D eigenvalue weighted by molar-refractivity contribution is 0.0595. The minimum Gasteiger partial charge on any atom is -0.399 e. The summed E-state index contributed by atoms with van der Waals surface area (Å²) in [5.74, 6) is -0.594. The van der Waals surface area contributed by atoms with Crippen molar-refractivity contribution in [3.63, 3.8) is 0 Å². The van der Waals surface area contributed by atoms with Gasteiger partial charge < -0.3 is 5.73 Å². The quantitative estimate of drug-likeness (QED) is 0.679. The van der Waals surface area contributed by atoms with Crippen LogP contribution < -0.4 is 5.73 Å². The van der Waals surface area contributed by atoms with Gasteiger partial charge in [0, 0.05) is 16.8 Å². The zero-order valence-electron chi connectivity index (χ0n) is 11.1. The number of aryl methyl sites for hydroxylation is 1. The van der Waals surface area contributed by atoms with Crippen LogP contribution in [0.15, 0.2) is 23.6 Å². The van der Waals surface area contributed by atoms with E-state index in [1.807, 2.05) is 19.2 Å². The van der Waals surface area contributed by atoms with Crippen LogP contribution in [0.2, 0.25) is 0 Å². The van der Waals surface area contributed by atoms with Crippen LogP contribution in [0.4, 0.5) is 5.69 Å². The Morgan fingerprint density at radius 2 is 1.95 bits per heavy atom. The zero-order chi connectivity index (χ0) is 14.4. The van der Waals surface area contributed by atoms with Gasteiger partial charge in [-0.1, -0.05) is 0 Å². The largest absolute Gasteiger partial charge is 0.399 e. The summed E-state index contributed by atoms with van der Waals surface area (Å²) in [6.07, 6.45) is 0. The number of amides is 2. The Kier molecular flexibility index (Phi) is 2.83. The Balaban J connectivity index is 2.01. The Morgan fingerprint density at radius 3 is 2.60 bits per heavy atom. The average Bonchev–Trinajstić information content (AvgIpc) is 2.93. The number of nitrogens with two attached hydrogens (primary N) is 1. The van der Waals surface area contributed by atoms with Gasteiger partial charge >= 0.3 is 0 Å². The Bertz CT molecular complexity index is 723. The summed E-state index contributed by atoms with van der Waals surface area (Å²) in [6, 6.07) is 4.41. The van der Waals surface area contributed by atoms with E-state index >= 15 is 0 Å². The average molecular weight is 287 g/mol. The molecule has 1 unspecified atom stereocenters. The second-order valence-corrected chi connectivity index (χ2v) is 5.68. The molecule has 2 N–H and O–H groups in total. The molecule has 2 aromatic rings. The molecule has 0 spiro atoms. The molecule has 3 rings (SSSR count). The number of carbonyl (C=O) groups is 2. The van der Waals surface area contributed by atoms with Gasteiger partial charge in [0.2, 0.25) is 0 Å². The molecule has 0 saturated heterocycles. The monoisotopic (exact) mass is 287 g/mol. The highest BCUT2D eigenvalue weighted by Gasteiger charge is 2.39. The van der Waals surface area contributed by atoms with E-state index in [0.29, 0.717) is 16.8 Å². The molecule has 0 fully saturated rings. The first-order valence-electron chi connectivity index (χ1n) is 6.18. The fourth-order valence-electron chi connectivity index (χ4n) is 2.30. The number of aromatic nitrogens is 1. The topological polar surface area (TPSA) is 76.3 Å². The highest BCUT2D eigenvalue weighted by Crippen LogP contribution is 2.33. The van der Waals surface area contributed by atoms with Gasteiger partial charge in [0.25, 0.3) is 11.8 Å². The normalized spacial score (nSPS) is 15.6. The molecule has 0 aliphatic carbocycles. The van der Waals surface area contributed by atoms with Crippen LogP contribution in [-0.2, 0) is 0 Å². The predicted molar refractivity (Wildman–Crippen MR) is 76.6 cm³/mol. The van der Waals surface area contributed by atoms with E-state index in [4.69, 9.17) is 5.73 Å². The van der Waals surface area contributed by atoms with Crippen LogP contribution in [0.25, 0.3) is 0 Å². The van der Waals surface area contributed by atoms with E-state index in [0.717, 1.165) is 10.7 Å². The fraction of sp³-hybridized carbons (Fsp3) is 0.214. The molecule has 0 bridgehead atoms. The van der Waals surface area contributed by atoms with Gasteiger partial charge in [0.1, 0.15) is 5.01 Å². The number of fused-ring (bicyclic) bond motifs is 1. The summed E-state index contributed by atoms with van der Waals surface area (Å²) in [7, 11) is 0. The third kappa shape index (κ3) is 1.80. The highest BCUT2D eigenvalue weighted by atomic mass is 32.1. The second kappa shape index (κ2) is 4.42. The Hall–Kier alpha value is -2.21. The van der Waals surface area contributed by atoms with Gasteiger partial charge in [-0.25, -0.2) is 4.98 Å². The molecule has 2 heterocycles. The number of nitrogen functional groups attached to an aromatic ring is 1. The molecule has 0 saturated carbocycles. The minimum atomic E-state index is -0.373. The maximum absolute atomic E-state index is 12.4. The lowest BCUT2D eigenvalue weighted by atomic mass is 10.1. The van der Waals surface area contributed by atoms with Crippen LogP contribution in [0.3, 0.4) is 0 Å². The molecule has 1 aromatic heterocycles. The molecule has 102 valence electrons. The maximum Gasteiger partial charge on any atom is 0.262 e. The summed E-state index contributed by atoms with van der Waals surface area (Å²) < 4.78 is 0. The number of rotatable bonds is 2. The third-order valence-corrected chi connectivity index (χ3v) is 4.46. The summed E-state index contributed by atoms with van der Waals surface area (Å²) in [5, 5.41) is 2.66. The van der Waals surface area contributed by atoms with Crippen LogP contribution in [0, 0.1) is 6.92 Å². The molecule has 1 aromatic carbocycles. The number of hydrogen-bond acceptors (Lipinski definition) is 5. The van der Waals surface area contributed by atoms with Gasteiger partial charge in [-0.05, 0) is 32.0 Å². The number of nitrogens with zero attached hydrogens (tertiary/aromatic N) is 2. The van der Waals surface area contributed by atoms with Crippen molar-refractivity contribution in [2.45, 2.75) is 19.9 Å². The van der Waals surface area contributed by atoms with E-state index in [1.165, 1.54) is 16.2 Å². The van der Waals surface area contributed by atoms with Crippen LogP contribution in [-0.4, -0.2) is 21.7 Å². The molecule has 1 atom stereocenters. The number of carbonyl (C=O) groups excluding carboxylic acids is 2. The number of hydrogen-bond donors (Lipinski definition) is 1. The summed E-state index contributed by atoms with van der Waals surface area (Å²) in [5.41, 5.74) is 7.82. The number of benzene rings is 1. The van der Waals surface area contributed by atoms with Gasteiger partial charge in [-0.3, -0.25) is 14.5 Å². The van der Waals surface area contributed by atoms with Crippen LogP contribution >= 0.6 is 11.3 Å². The smallest absolute Gasteiger partial charge is 0.262 e. The highest BCUT2D eigenvalue weighted by molar-refractivity contribution is 7.09. The first-order valence-corrected chi connectivity index (χ1v) is 7.06. The van der Waals surface area contributed by atoms with Crippen molar-refractivity contribution in [1.29, 1.82) is 0 Å². The second-order valence-electron chi connectivity index (χ2n) is 4.79. The van der Waals surface area contributed by atoms with Crippen molar-refractivity contribution in [2.24, 2.45) is 0 Å². The first kappa shape index (κ1) is 12.8. The molecule has 0 radical (unpaired) electrons. The molecule has 1 aliphatic rings. The van der Waals surface area contributed by atoms with Crippen molar-refractivity contribution in [3.8, 4) is 0 Å². The third-order valence-electron chi connectivity index (χ3n) is 3.32. The maximum atomic E-state index is 12.4. The first-order chi connectivity index (χ1) is 9.49. The van der Waals surface area contributed by atoms with Crippen molar-refractivity contribution in [2.75, 3.05) is 5.73 Å². The molecule has 5 nitrogen and oxygen atoms in total. The lowest BCUT2D eigenvalue weighted by Gasteiger charge is -2.20. The van der Waals surface area contributed by atoms with E-state index in [9.17, 15) is 9.59 Å². The number of imide groups is 1. The van der Waals surface area contributed by atoms with Crippen LogP contribution in [0.5, 0.6) is 0 Å². The summed E-state index contributed by atoms with van der Waals surface area (Å²) in [4.78, 5) is 30.4. The SMILES string of the molecule is Cc1csc(C(C)N2C(=O)c3ccc(N)cc3C2=O)n1. The fourth-order valence-corrected chi connectivity index (χ4v) is 3.15. The van der Waals surface area contributed by atoms with Gasteiger partial charge in [0.05, 0.1) is 17.2 Å². The number of anilines is 1. The van der Waals surface area contributed by atoms with E-state index < -0.39 is 0 Å². The van der Waals surface area contributed by atoms with E-state index in [2.05, 4.69) is 4.98 Å². The summed E-state index contributed by atoms with van der Waals surface area (Å²) in [6.45, 7) is 3.69. The molecular weight excluding hydrogens is 274 g/mol. The zero-order valence-corrected chi connectivity index (χ0v) is 11.9. The number of thiazole rings is 1. The van der Waals surface area contributed by atoms with Crippen molar-refractivity contribution in [1.82, 2.24) is 9.88 Å². The molecule has 1 aliphatic heterocycles. The lowest BCUT2D eigenvalue weighted by Crippen LogP contribution is -2.32. The van der Waals surface area contributed by atoms with Crippen molar-refractivity contribution < 1.29 is 9.59 Å². The Labute approximate surface area is 120 Å². The molecule has 6 heteroatoms. The van der Waals surface area contributed by atoms with Crippen molar-refractivity contribution >= 4 is 28.8 Å². The molecule has 20 heavy (non-hydrogen) atoms. The minimum absolute atomic E-state index is 0.287. The van der Waals surface area contributed by atoms with Gasteiger partial charge in [-0.2, -0.15) is 0 Å². The van der Waals surface area contributed by atoms with Crippen LogP contribution in [0.1, 0.15) is 44.4 Å². The predicted octanol–water partition coefficient (Wildman–Crippen LogP) is 2.39. The summed E-state index contributed by atoms with van der Waals surface area (Å²) >= 11 is 1.45. The van der Waals surface area contributed by atoms with Gasteiger partial charge in [-0.15, -0.1) is 11.3 Å². The van der Waals surface area contributed by atoms with Crippen molar-refractivity contribution in [3.05, 3.63) is 45.4 Å². The Morgan fingerprint density at radius 1 is 1.25 bits per heavy atom. The van der Waals surface area contributed by atoms with E-state index in [1.54, 1.807) is 18.2 Å². The molecule has 2 amide bonds. The molecular formula is C14H13N3O2S. The standard InChI is InChI=1S/C14H13N3O2S/c1-7-6-20-12(16-7)8(2)17-13(18)10-4-3-9(15)5-11(10)14(17)19/h3-6,8H,15H2,1-2H3.